The number of amides is 3. The van der Waals surface area contributed by atoms with Crippen LogP contribution in [0.2, 0.25) is 0 Å². The van der Waals surface area contributed by atoms with E-state index >= 15 is 0 Å². The maximum Gasteiger partial charge on any atom is 0.247 e. The summed E-state index contributed by atoms with van der Waals surface area (Å²) in [5, 5.41) is 4.06. The SMILES string of the molecule is O=C(CS[C@@H]1CC(=O)N(c2cccc3ccccc23)C1=O)Nc1ccc(Br)cc1. The third-order valence-electron chi connectivity index (χ3n) is 4.66. The van der Waals surface area contributed by atoms with Crippen molar-refractivity contribution in [3.05, 3.63) is 71.2 Å². The van der Waals surface area contributed by atoms with Crippen LogP contribution in [-0.2, 0) is 14.4 Å². The molecule has 7 heteroatoms. The number of anilines is 2. The average molecular weight is 469 g/mol. The molecule has 1 heterocycles. The Labute approximate surface area is 180 Å². The minimum absolute atomic E-state index is 0.0955. The number of nitrogens with zero attached hydrogens (tertiary/aromatic N) is 1. The Kier molecular flexibility index (Phi) is 5.69. The molecule has 146 valence electrons. The van der Waals surface area contributed by atoms with Crippen LogP contribution in [-0.4, -0.2) is 28.7 Å². The Morgan fingerprint density at radius 1 is 1.03 bits per heavy atom. The Bertz CT molecular complexity index is 1100. The first-order valence-electron chi connectivity index (χ1n) is 9.04. The van der Waals surface area contributed by atoms with E-state index in [1.54, 1.807) is 18.2 Å². The van der Waals surface area contributed by atoms with Gasteiger partial charge in [-0.2, -0.15) is 0 Å². The predicted octanol–water partition coefficient (Wildman–Crippen LogP) is 4.61. The number of halogens is 1. The van der Waals surface area contributed by atoms with Gasteiger partial charge in [-0.15, -0.1) is 11.8 Å². The molecule has 0 radical (unpaired) electrons. The van der Waals surface area contributed by atoms with Crippen LogP contribution in [0.15, 0.2) is 71.2 Å². The summed E-state index contributed by atoms with van der Waals surface area (Å²) in [5.74, 6) is -0.616. The molecule has 29 heavy (non-hydrogen) atoms. The van der Waals surface area contributed by atoms with Gasteiger partial charge in [0, 0.05) is 22.0 Å². The first-order valence-corrected chi connectivity index (χ1v) is 10.9. The lowest BCUT2D eigenvalue weighted by Gasteiger charge is -2.17. The predicted molar refractivity (Wildman–Crippen MR) is 120 cm³/mol. The van der Waals surface area contributed by atoms with Crippen LogP contribution in [0.25, 0.3) is 10.8 Å². The van der Waals surface area contributed by atoms with Gasteiger partial charge in [0.1, 0.15) is 0 Å². The molecule has 0 spiro atoms. The Balaban J connectivity index is 1.44. The first kappa shape index (κ1) is 19.7. The quantitative estimate of drug-likeness (QED) is 0.555. The van der Waals surface area contributed by atoms with Gasteiger partial charge in [0.25, 0.3) is 0 Å². The summed E-state index contributed by atoms with van der Waals surface area (Å²) in [6, 6.07) is 20.5. The molecule has 1 aliphatic heterocycles. The van der Waals surface area contributed by atoms with Gasteiger partial charge in [0.05, 0.1) is 16.7 Å². The maximum atomic E-state index is 12.9. The normalized spacial score (nSPS) is 16.4. The van der Waals surface area contributed by atoms with Gasteiger partial charge >= 0.3 is 0 Å². The summed E-state index contributed by atoms with van der Waals surface area (Å²) >= 11 is 4.55. The molecule has 0 saturated carbocycles. The molecule has 1 saturated heterocycles. The molecule has 1 N–H and O–H groups in total. The number of hydrogen-bond acceptors (Lipinski definition) is 4. The van der Waals surface area contributed by atoms with Crippen LogP contribution in [0.5, 0.6) is 0 Å². The molecule has 0 unspecified atom stereocenters. The molecule has 4 rings (SSSR count). The molecule has 3 aromatic rings. The molecular weight excluding hydrogens is 452 g/mol. The van der Waals surface area contributed by atoms with Crippen molar-refractivity contribution in [1.29, 1.82) is 0 Å². The van der Waals surface area contributed by atoms with Gasteiger partial charge in [-0.1, -0.05) is 52.3 Å². The van der Waals surface area contributed by atoms with Crippen molar-refractivity contribution in [1.82, 2.24) is 0 Å². The number of rotatable bonds is 5. The summed E-state index contributed by atoms with van der Waals surface area (Å²) in [7, 11) is 0. The second-order valence-electron chi connectivity index (χ2n) is 6.62. The molecule has 0 bridgehead atoms. The van der Waals surface area contributed by atoms with Gasteiger partial charge in [0.15, 0.2) is 0 Å². The number of benzene rings is 3. The van der Waals surface area contributed by atoms with Crippen molar-refractivity contribution in [3.8, 4) is 0 Å². The van der Waals surface area contributed by atoms with Gasteiger partial charge in [0.2, 0.25) is 17.7 Å². The smallest absolute Gasteiger partial charge is 0.247 e. The standard InChI is InChI=1S/C22H17BrN2O3S/c23-15-8-10-16(11-9-15)24-20(26)13-29-19-12-21(27)25(22(19)28)18-7-3-5-14-4-1-2-6-17(14)18/h1-11,19H,12-13H2,(H,24,26)/t19-/m1/s1. The van der Waals surface area contributed by atoms with Crippen LogP contribution >= 0.6 is 27.7 Å². The fourth-order valence-corrected chi connectivity index (χ4v) is 4.49. The summed E-state index contributed by atoms with van der Waals surface area (Å²) < 4.78 is 0.925. The Morgan fingerprint density at radius 3 is 2.55 bits per heavy atom. The largest absolute Gasteiger partial charge is 0.325 e. The highest BCUT2D eigenvalue weighted by Gasteiger charge is 2.40. The van der Waals surface area contributed by atoms with Crippen molar-refractivity contribution >= 4 is 67.6 Å². The molecule has 3 aromatic carbocycles. The van der Waals surface area contributed by atoms with Crippen LogP contribution in [0.3, 0.4) is 0 Å². The molecule has 3 amide bonds. The third kappa shape index (κ3) is 4.21. The molecule has 1 aliphatic rings. The van der Waals surface area contributed by atoms with Gasteiger partial charge < -0.3 is 5.32 Å². The summed E-state index contributed by atoms with van der Waals surface area (Å²) in [5.41, 5.74) is 1.28. The molecular formula is C22H17BrN2O3S. The second kappa shape index (κ2) is 8.39. The number of nitrogens with one attached hydrogen (secondary N) is 1. The number of imide groups is 1. The van der Waals surface area contributed by atoms with Crippen LogP contribution in [0.4, 0.5) is 11.4 Å². The van der Waals surface area contributed by atoms with Crippen LogP contribution < -0.4 is 10.2 Å². The number of hydrogen-bond donors (Lipinski definition) is 1. The lowest BCUT2D eigenvalue weighted by atomic mass is 10.1. The fourth-order valence-electron chi connectivity index (χ4n) is 3.30. The highest BCUT2D eigenvalue weighted by molar-refractivity contribution is 9.10. The molecule has 0 aromatic heterocycles. The van der Waals surface area contributed by atoms with E-state index in [0.29, 0.717) is 11.4 Å². The molecule has 1 atom stereocenters. The topological polar surface area (TPSA) is 66.5 Å². The average Bonchev–Trinajstić information content (AvgIpc) is 3.01. The van der Waals surface area contributed by atoms with Gasteiger partial charge in [-0.3, -0.25) is 14.4 Å². The summed E-state index contributed by atoms with van der Waals surface area (Å²) in [6.45, 7) is 0. The maximum absolute atomic E-state index is 12.9. The van der Waals surface area contributed by atoms with E-state index < -0.39 is 5.25 Å². The zero-order valence-corrected chi connectivity index (χ0v) is 17.7. The molecule has 5 nitrogen and oxygen atoms in total. The van der Waals surface area contributed by atoms with Crippen molar-refractivity contribution in [2.75, 3.05) is 16.0 Å². The van der Waals surface area contributed by atoms with Crippen molar-refractivity contribution in [3.63, 3.8) is 0 Å². The van der Waals surface area contributed by atoms with E-state index in [2.05, 4.69) is 21.2 Å². The van der Waals surface area contributed by atoms with E-state index in [-0.39, 0.29) is 29.9 Å². The first-order chi connectivity index (χ1) is 14.0. The molecule has 1 fully saturated rings. The summed E-state index contributed by atoms with van der Waals surface area (Å²) in [6.07, 6.45) is 0.0955. The highest BCUT2D eigenvalue weighted by atomic mass is 79.9. The number of fused-ring (bicyclic) bond motifs is 1. The molecule has 0 aliphatic carbocycles. The highest BCUT2D eigenvalue weighted by Crippen LogP contribution is 2.34. The van der Waals surface area contributed by atoms with Crippen LogP contribution in [0, 0.1) is 0 Å². The lowest BCUT2D eigenvalue weighted by molar-refractivity contribution is -0.121. The summed E-state index contributed by atoms with van der Waals surface area (Å²) in [4.78, 5) is 39.0. The minimum atomic E-state index is -0.558. The van der Waals surface area contributed by atoms with E-state index in [1.165, 1.54) is 16.7 Å². The van der Waals surface area contributed by atoms with Crippen LogP contribution in [0.1, 0.15) is 6.42 Å². The van der Waals surface area contributed by atoms with Crippen molar-refractivity contribution < 1.29 is 14.4 Å². The van der Waals surface area contributed by atoms with E-state index in [9.17, 15) is 14.4 Å². The zero-order valence-electron chi connectivity index (χ0n) is 15.3. The second-order valence-corrected chi connectivity index (χ2v) is 8.73. The number of thioether (sulfide) groups is 1. The lowest BCUT2D eigenvalue weighted by Crippen LogP contribution is -2.31. The van der Waals surface area contributed by atoms with Crippen molar-refractivity contribution in [2.24, 2.45) is 0 Å². The van der Waals surface area contributed by atoms with E-state index in [4.69, 9.17) is 0 Å². The van der Waals surface area contributed by atoms with Crippen molar-refractivity contribution in [2.45, 2.75) is 11.7 Å². The van der Waals surface area contributed by atoms with E-state index in [0.717, 1.165) is 15.2 Å². The monoisotopic (exact) mass is 468 g/mol. The Morgan fingerprint density at radius 2 is 1.76 bits per heavy atom. The minimum Gasteiger partial charge on any atom is -0.325 e. The fraction of sp³-hybridized carbons (Fsp3) is 0.136. The number of carbonyl (C=O) groups excluding carboxylic acids is 3. The van der Waals surface area contributed by atoms with Gasteiger partial charge in [-0.05, 0) is 35.7 Å². The third-order valence-corrected chi connectivity index (χ3v) is 6.38. The van der Waals surface area contributed by atoms with E-state index in [1.807, 2.05) is 48.5 Å². The zero-order chi connectivity index (χ0) is 20.4. The number of carbonyl (C=O) groups is 3. The Hall–Kier alpha value is -2.64. The van der Waals surface area contributed by atoms with Gasteiger partial charge in [-0.25, -0.2) is 4.90 Å².